The number of carbonyl (C=O) groups excluding carboxylic acids is 1. The molecule has 0 saturated carbocycles. The summed E-state index contributed by atoms with van der Waals surface area (Å²) in [5.74, 6) is -0.253. The SMILES string of the molecule is Cc1c(OCC(=O)N[C@](C)(C#N)C(C)C)cccc1[N+](=O)[O-]. The molecule has 0 aromatic heterocycles. The molecular formula is C15H19N3O4. The molecule has 1 rings (SSSR count). The van der Waals surface area contributed by atoms with Crippen molar-refractivity contribution in [1.29, 1.82) is 5.26 Å². The topological polar surface area (TPSA) is 105 Å². The van der Waals surface area contributed by atoms with Crippen molar-refractivity contribution in [3.63, 3.8) is 0 Å². The molecule has 7 heteroatoms. The highest BCUT2D eigenvalue weighted by molar-refractivity contribution is 5.79. The Balaban J connectivity index is 2.76. The lowest BCUT2D eigenvalue weighted by atomic mass is 9.90. The summed E-state index contributed by atoms with van der Waals surface area (Å²) in [6.07, 6.45) is 0. The number of benzene rings is 1. The Bertz CT molecular complexity index is 622. The molecule has 1 amide bonds. The van der Waals surface area contributed by atoms with E-state index >= 15 is 0 Å². The maximum absolute atomic E-state index is 11.9. The summed E-state index contributed by atoms with van der Waals surface area (Å²) in [6.45, 7) is 6.53. The van der Waals surface area contributed by atoms with Crippen LogP contribution in [0.25, 0.3) is 0 Å². The molecule has 0 aliphatic heterocycles. The Morgan fingerprint density at radius 2 is 2.18 bits per heavy atom. The van der Waals surface area contributed by atoms with E-state index in [2.05, 4.69) is 11.4 Å². The third-order valence-electron chi connectivity index (χ3n) is 3.60. The molecular weight excluding hydrogens is 286 g/mol. The van der Waals surface area contributed by atoms with Gasteiger partial charge in [-0.2, -0.15) is 5.26 Å². The number of hydrogen-bond donors (Lipinski definition) is 1. The number of ether oxygens (including phenoxy) is 1. The minimum atomic E-state index is -0.988. The Kier molecular flexibility index (Phi) is 5.46. The van der Waals surface area contributed by atoms with Crippen LogP contribution in [0.15, 0.2) is 18.2 Å². The molecule has 0 aliphatic rings. The molecule has 0 saturated heterocycles. The average Bonchev–Trinajstić information content (AvgIpc) is 2.45. The summed E-state index contributed by atoms with van der Waals surface area (Å²) in [5.41, 5.74) is -0.702. The van der Waals surface area contributed by atoms with E-state index in [4.69, 9.17) is 10.00 Å². The molecule has 0 fully saturated rings. The van der Waals surface area contributed by atoms with Gasteiger partial charge < -0.3 is 10.1 Å². The highest BCUT2D eigenvalue weighted by atomic mass is 16.6. The van der Waals surface area contributed by atoms with Gasteiger partial charge in [0.15, 0.2) is 6.61 Å². The Morgan fingerprint density at radius 1 is 1.55 bits per heavy atom. The highest BCUT2D eigenvalue weighted by Gasteiger charge is 2.30. The maximum Gasteiger partial charge on any atom is 0.276 e. The van der Waals surface area contributed by atoms with Crippen molar-refractivity contribution < 1.29 is 14.5 Å². The summed E-state index contributed by atoms with van der Waals surface area (Å²) < 4.78 is 5.33. The van der Waals surface area contributed by atoms with Gasteiger partial charge in [-0.05, 0) is 25.8 Å². The standard InChI is InChI=1S/C15H19N3O4/c1-10(2)15(4,9-16)17-14(19)8-22-13-7-5-6-12(11(13)3)18(20)21/h5-7,10H,8H2,1-4H3,(H,17,19)/t15-/m1/s1. The Labute approximate surface area is 129 Å². The van der Waals surface area contributed by atoms with E-state index in [-0.39, 0.29) is 24.0 Å². The lowest BCUT2D eigenvalue weighted by Gasteiger charge is -2.27. The van der Waals surface area contributed by atoms with Gasteiger partial charge in [0.1, 0.15) is 11.3 Å². The van der Waals surface area contributed by atoms with E-state index in [1.807, 2.05) is 13.8 Å². The lowest BCUT2D eigenvalue weighted by Crippen LogP contribution is -2.50. The Morgan fingerprint density at radius 3 is 2.68 bits per heavy atom. The van der Waals surface area contributed by atoms with Crippen LogP contribution in [0.4, 0.5) is 5.69 Å². The monoisotopic (exact) mass is 305 g/mol. The summed E-state index contributed by atoms with van der Waals surface area (Å²) >= 11 is 0. The first-order valence-electron chi connectivity index (χ1n) is 6.80. The number of amides is 1. The number of rotatable bonds is 6. The minimum Gasteiger partial charge on any atom is -0.483 e. The van der Waals surface area contributed by atoms with E-state index in [9.17, 15) is 14.9 Å². The summed E-state index contributed by atoms with van der Waals surface area (Å²) in [5, 5.41) is 22.6. The number of nitro benzene ring substituents is 1. The zero-order chi connectivity index (χ0) is 16.9. The molecule has 118 valence electrons. The molecule has 1 aromatic rings. The number of carbonyl (C=O) groups is 1. The molecule has 0 bridgehead atoms. The molecule has 0 radical (unpaired) electrons. The van der Waals surface area contributed by atoms with E-state index < -0.39 is 16.4 Å². The second kappa shape index (κ2) is 6.89. The minimum absolute atomic E-state index is 0.0676. The van der Waals surface area contributed by atoms with Crippen molar-refractivity contribution in [2.24, 2.45) is 5.92 Å². The molecule has 0 spiro atoms. The van der Waals surface area contributed by atoms with E-state index in [1.54, 1.807) is 19.9 Å². The van der Waals surface area contributed by atoms with Gasteiger partial charge in [-0.25, -0.2) is 0 Å². The predicted molar refractivity (Wildman–Crippen MR) is 80.3 cm³/mol. The lowest BCUT2D eigenvalue weighted by molar-refractivity contribution is -0.385. The predicted octanol–water partition coefficient (Wildman–Crippen LogP) is 2.34. The quantitative estimate of drug-likeness (QED) is 0.641. The number of hydrogen-bond acceptors (Lipinski definition) is 5. The van der Waals surface area contributed by atoms with Gasteiger partial charge in [-0.1, -0.05) is 19.9 Å². The van der Waals surface area contributed by atoms with Gasteiger partial charge in [-0.15, -0.1) is 0 Å². The molecule has 1 atom stereocenters. The zero-order valence-corrected chi connectivity index (χ0v) is 13.0. The molecule has 22 heavy (non-hydrogen) atoms. The van der Waals surface area contributed by atoms with Crippen LogP contribution in [0.3, 0.4) is 0 Å². The average molecular weight is 305 g/mol. The van der Waals surface area contributed by atoms with Crippen molar-refractivity contribution in [3.8, 4) is 11.8 Å². The first-order chi connectivity index (χ1) is 10.2. The van der Waals surface area contributed by atoms with Crippen LogP contribution in [-0.4, -0.2) is 23.0 Å². The maximum atomic E-state index is 11.9. The Hall–Kier alpha value is -2.62. The molecule has 0 aliphatic carbocycles. The van der Waals surface area contributed by atoms with Gasteiger partial charge >= 0.3 is 0 Å². The molecule has 0 heterocycles. The van der Waals surface area contributed by atoms with Crippen LogP contribution < -0.4 is 10.1 Å². The summed E-state index contributed by atoms with van der Waals surface area (Å²) in [4.78, 5) is 22.2. The number of nitrogens with one attached hydrogen (secondary N) is 1. The van der Waals surface area contributed by atoms with E-state index in [0.29, 0.717) is 5.56 Å². The summed E-state index contributed by atoms with van der Waals surface area (Å²) in [7, 11) is 0. The van der Waals surface area contributed by atoms with E-state index in [1.165, 1.54) is 12.1 Å². The van der Waals surface area contributed by atoms with Crippen molar-refractivity contribution in [3.05, 3.63) is 33.9 Å². The van der Waals surface area contributed by atoms with Crippen molar-refractivity contribution in [1.82, 2.24) is 5.32 Å². The highest BCUT2D eigenvalue weighted by Crippen LogP contribution is 2.26. The second-order valence-corrected chi connectivity index (χ2v) is 5.46. The van der Waals surface area contributed by atoms with Crippen LogP contribution in [0, 0.1) is 34.3 Å². The fraction of sp³-hybridized carbons (Fsp3) is 0.467. The van der Waals surface area contributed by atoms with Gasteiger partial charge in [-0.3, -0.25) is 14.9 Å². The zero-order valence-electron chi connectivity index (χ0n) is 13.0. The van der Waals surface area contributed by atoms with Gasteiger partial charge in [0.25, 0.3) is 11.6 Å². The molecule has 1 aromatic carbocycles. The third kappa shape index (κ3) is 3.95. The summed E-state index contributed by atoms with van der Waals surface area (Å²) in [6, 6.07) is 6.48. The largest absolute Gasteiger partial charge is 0.483 e. The van der Waals surface area contributed by atoms with Gasteiger partial charge in [0.2, 0.25) is 0 Å². The van der Waals surface area contributed by atoms with E-state index in [0.717, 1.165) is 0 Å². The van der Waals surface area contributed by atoms with Gasteiger partial charge in [0, 0.05) is 6.07 Å². The smallest absolute Gasteiger partial charge is 0.276 e. The molecule has 1 N–H and O–H groups in total. The van der Waals surface area contributed by atoms with Crippen LogP contribution >= 0.6 is 0 Å². The van der Waals surface area contributed by atoms with Crippen molar-refractivity contribution in [2.75, 3.05) is 6.61 Å². The first kappa shape index (κ1) is 17.4. The third-order valence-corrected chi connectivity index (χ3v) is 3.60. The number of nitrogens with zero attached hydrogens (tertiary/aromatic N) is 2. The number of nitro groups is 1. The molecule has 0 unspecified atom stereocenters. The fourth-order valence-electron chi connectivity index (χ4n) is 1.73. The normalized spacial score (nSPS) is 13.1. The van der Waals surface area contributed by atoms with Crippen molar-refractivity contribution in [2.45, 2.75) is 33.2 Å². The van der Waals surface area contributed by atoms with Gasteiger partial charge in [0.05, 0.1) is 16.6 Å². The van der Waals surface area contributed by atoms with Crippen LogP contribution in [0.1, 0.15) is 26.3 Å². The van der Waals surface area contributed by atoms with Crippen LogP contribution in [-0.2, 0) is 4.79 Å². The second-order valence-electron chi connectivity index (χ2n) is 5.46. The van der Waals surface area contributed by atoms with Crippen LogP contribution in [0.5, 0.6) is 5.75 Å². The van der Waals surface area contributed by atoms with Crippen molar-refractivity contribution >= 4 is 11.6 Å². The fourth-order valence-corrected chi connectivity index (χ4v) is 1.73. The molecule has 7 nitrogen and oxygen atoms in total. The number of nitriles is 1. The first-order valence-corrected chi connectivity index (χ1v) is 6.80. The van der Waals surface area contributed by atoms with Crippen LogP contribution in [0.2, 0.25) is 0 Å².